The number of aliphatic imine (C=N–C) groups is 1. The van der Waals surface area contributed by atoms with Crippen LogP contribution in [0.15, 0.2) is 75.2 Å². The number of carboxylic acid groups (broad SMARTS) is 2. The number of rotatable bonds is 16. The molecule has 7 rings (SSSR count). The number of carbonyl (C=O) groups excluding carboxylic acids is 1. The van der Waals surface area contributed by atoms with Crippen molar-refractivity contribution in [1.29, 1.82) is 0 Å². The number of hydrogen-bond acceptors (Lipinski definition) is 13. The zero-order chi connectivity index (χ0) is 45.9. The normalized spacial score (nSPS) is 19.0. The predicted octanol–water partition coefficient (Wildman–Crippen LogP) is 6.84. The van der Waals surface area contributed by atoms with E-state index >= 15 is 0 Å². The molecule has 5 heterocycles. The molecule has 3 aliphatic heterocycles. The van der Waals surface area contributed by atoms with Gasteiger partial charge in [0, 0.05) is 77.9 Å². The highest BCUT2D eigenvalue weighted by atomic mass is 35.5. The van der Waals surface area contributed by atoms with Gasteiger partial charge in [-0.3, -0.25) is 24.4 Å². The number of nitrogens with zero attached hydrogens (tertiary/aromatic N) is 5. The molecular weight excluding hydrogens is 867 g/mol. The Bertz CT molecular complexity index is 2540. The number of carbonyl (C=O) groups is 3. The highest BCUT2D eigenvalue weighted by molar-refractivity contribution is 7.11. The lowest BCUT2D eigenvalue weighted by molar-refractivity contribution is -0.145. The summed E-state index contributed by atoms with van der Waals surface area (Å²) in [5, 5.41) is 25.8. The standard InChI is InChI=1S/C46H52ClFN6O9S/c1-46(2,3)38-19-26-18-37(36(61-4)21-29(26)33-22-35(55)30(43(56)57)23-54(33)38)63-16-9-7-6-8-13-52-14-15-53(34(25-52)44(58)59)24-32-39(45(60)62-5)40(28-11-10-27(48)20-31(28)47)51-41(50-32)42-49-12-17-64-42/h10-12,17-18,20-23,34,38,40H,6-9,13-16,19,24-25H2,1-5H3,(H,50,51)(H,56,57)(H,58,59)/t34?,38?,40-/m0/s1. The molecule has 4 aromatic rings. The minimum absolute atomic E-state index is 0.0715. The molecule has 1 fully saturated rings. The Balaban J connectivity index is 0.958. The predicted molar refractivity (Wildman–Crippen MR) is 240 cm³/mol. The number of pyridine rings is 1. The summed E-state index contributed by atoms with van der Waals surface area (Å²) in [6.07, 6.45) is 7.14. The molecule has 3 atom stereocenters. The van der Waals surface area contributed by atoms with Gasteiger partial charge < -0.3 is 34.3 Å². The van der Waals surface area contributed by atoms with Crippen LogP contribution in [0.1, 0.15) is 85.0 Å². The number of carboxylic acids is 2. The highest BCUT2D eigenvalue weighted by Crippen LogP contribution is 2.46. The Morgan fingerprint density at radius 2 is 1.81 bits per heavy atom. The molecule has 3 N–H and O–H groups in total. The maximum absolute atomic E-state index is 14.1. The third-order valence-electron chi connectivity index (χ3n) is 12.0. The maximum atomic E-state index is 14.1. The van der Waals surface area contributed by atoms with Gasteiger partial charge in [0.05, 0.1) is 32.1 Å². The van der Waals surface area contributed by atoms with Crippen LogP contribution < -0.4 is 20.2 Å². The molecule has 15 nitrogen and oxygen atoms in total. The Kier molecular flexibility index (Phi) is 14.2. The van der Waals surface area contributed by atoms with Crippen molar-refractivity contribution < 1.29 is 43.2 Å². The van der Waals surface area contributed by atoms with Crippen molar-refractivity contribution in [3.05, 3.63) is 108 Å². The molecule has 3 aliphatic rings. The van der Waals surface area contributed by atoms with Crippen molar-refractivity contribution >= 4 is 46.7 Å². The van der Waals surface area contributed by atoms with E-state index in [1.807, 2.05) is 21.6 Å². The number of aromatic carboxylic acids is 1. The van der Waals surface area contributed by atoms with Gasteiger partial charge in [0.15, 0.2) is 27.8 Å². The molecular formula is C46H52ClFN6O9S. The van der Waals surface area contributed by atoms with Crippen molar-refractivity contribution in [2.75, 3.05) is 53.6 Å². The lowest BCUT2D eigenvalue weighted by Gasteiger charge is -2.40. The summed E-state index contributed by atoms with van der Waals surface area (Å²) in [4.78, 5) is 63.9. The first kappa shape index (κ1) is 46.4. The number of aromatic nitrogens is 2. The molecule has 0 saturated carbocycles. The summed E-state index contributed by atoms with van der Waals surface area (Å²) in [6, 6.07) is 7.17. The zero-order valence-electron chi connectivity index (χ0n) is 36.4. The van der Waals surface area contributed by atoms with Crippen LogP contribution in [0.5, 0.6) is 11.5 Å². The Labute approximate surface area is 379 Å². The van der Waals surface area contributed by atoms with Crippen LogP contribution in [0.2, 0.25) is 5.02 Å². The van der Waals surface area contributed by atoms with Gasteiger partial charge >= 0.3 is 17.9 Å². The van der Waals surface area contributed by atoms with Crippen LogP contribution in [-0.2, 0) is 20.7 Å². The summed E-state index contributed by atoms with van der Waals surface area (Å²) in [7, 11) is 2.81. The number of hydrogen-bond donors (Lipinski definition) is 3. The molecule has 2 aromatic heterocycles. The number of fused-ring (bicyclic) bond motifs is 3. The van der Waals surface area contributed by atoms with Gasteiger partial charge in [-0.05, 0) is 61.1 Å². The molecule has 2 aromatic carbocycles. The number of benzene rings is 2. The van der Waals surface area contributed by atoms with Gasteiger partial charge in [0.2, 0.25) is 0 Å². The number of ether oxygens (including phenoxy) is 3. The third kappa shape index (κ3) is 10.0. The second-order valence-electron chi connectivity index (χ2n) is 17.2. The molecule has 340 valence electrons. The smallest absolute Gasteiger partial charge is 0.341 e. The number of nitrogens with one attached hydrogen (secondary N) is 1. The molecule has 18 heteroatoms. The fourth-order valence-electron chi connectivity index (χ4n) is 8.64. The van der Waals surface area contributed by atoms with Crippen LogP contribution >= 0.6 is 22.9 Å². The van der Waals surface area contributed by atoms with Crippen LogP contribution in [0.3, 0.4) is 0 Å². The van der Waals surface area contributed by atoms with Gasteiger partial charge in [0.25, 0.3) is 0 Å². The van der Waals surface area contributed by atoms with E-state index in [0.717, 1.165) is 42.9 Å². The molecule has 0 spiro atoms. The second-order valence-corrected chi connectivity index (χ2v) is 18.5. The van der Waals surface area contributed by atoms with E-state index in [-0.39, 0.29) is 40.7 Å². The van der Waals surface area contributed by atoms with Gasteiger partial charge in [-0.2, -0.15) is 0 Å². The van der Waals surface area contributed by atoms with E-state index in [1.54, 1.807) is 18.7 Å². The number of aliphatic carboxylic acids is 1. The Hall–Kier alpha value is -5.62. The lowest BCUT2D eigenvalue weighted by atomic mass is 9.78. The van der Waals surface area contributed by atoms with Crippen molar-refractivity contribution in [2.45, 2.75) is 71.0 Å². The molecule has 2 unspecified atom stereocenters. The first-order valence-corrected chi connectivity index (χ1v) is 22.4. The Morgan fingerprint density at radius 3 is 2.48 bits per heavy atom. The van der Waals surface area contributed by atoms with Crippen molar-refractivity contribution in [2.24, 2.45) is 10.4 Å². The first-order chi connectivity index (χ1) is 30.6. The van der Waals surface area contributed by atoms with E-state index < -0.39 is 41.2 Å². The average molecular weight is 919 g/mol. The number of thiazole rings is 1. The number of piperazine rings is 1. The summed E-state index contributed by atoms with van der Waals surface area (Å²) in [6.45, 7) is 8.83. The molecule has 0 radical (unpaired) electrons. The van der Waals surface area contributed by atoms with Crippen molar-refractivity contribution in [1.82, 2.24) is 24.7 Å². The highest BCUT2D eigenvalue weighted by Gasteiger charge is 2.39. The van der Waals surface area contributed by atoms with E-state index in [1.165, 1.54) is 42.8 Å². The summed E-state index contributed by atoms with van der Waals surface area (Å²) in [5.41, 5.74) is 2.32. The minimum Gasteiger partial charge on any atom is -0.493 e. The van der Waals surface area contributed by atoms with E-state index in [4.69, 9.17) is 30.8 Å². The number of unbranched alkanes of at least 4 members (excludes halogenated alkanes) is 3. The van der Waals surface area contributed by atoms with Crippen molar-refractivity contribution in [3.8, 4) is 22.8 Å². The van der Waals surface area contributed by atoms with Gasteiger partial charge in [-0.25, -0.2) is 19.0 Å². The number of methoxy groups -OCH3 is 2. The number of amidine groups is 1. The van der Waals surface area contributed by atoms with Crippen LogP contribution in [0.25, 0.3) is 11.3 Å². The molecule has 0 aliphatic carbocycles. The third-order valence-corrected chi connectivity index (χ3v) is 13.1. The monoisotopic (exact) mass is 918 g/mol. The SMILES string of the molecule is COC(=O)C1=C(CN2CCN(CCCCCCOc3cc4c(cc3OC)-c3cc(=O)c(C(=O)O)cn3C(C(C)(C)C)C4)CC2C(=O)O)NC(c2nccs2)=N[C@H]1c1ccc(F)cc1Cl. The van der Waals surface area contributed by atoms with Crippen LogP contribution in [-0.4, -0.2) is 113 Å². The van der Waals surface area contributed by atoms with Crippen LogP contribution in [0.4, 0.5) is 4.39 Å². The summed E-state index contributed by atoms with van der Waals surface area (Å²) in [5.74, 6) is -1.96. The Morgan fingerprint density at radius 1 is 1.03 bits per heavy atom. The lowest BCUT2D eigenvalue weighted by Crippen LogP contribution is -2.57. The largest absolute Gasteiger partial charge is 0.493 e. The molecule has 0 amide bonds. The second kappa shape index (κ2) is 19.6. The van der Waals surface area contributed by atoms with Crippen molar-refractivity contribution in [3.63, 3.8) is 0 Å². The zero-order valence-corrected chi connectivity index (χ0v) is 37.9. The maximum Gasteiger partial charge on any atom is 0.341 e. The molecule has 64 heavy (non-hydrogen) atoms. The van der Waals surface area contributed by atoms with Crippen LogP contribution in [0, 0.1) is 11.2 Å². The van der Waals surface area contributed by atoms with E-state index in [0.29, 0.717) is 72.0 Å². The number of esters is 1. The summed E-state index contributed by atoms with van der Waals surface area (Å²) >= 11 is 7.84. The first-order valence-electron chi connectivity index (χ1n) is 21.1. The van der Waals surface area contributed by atoms with E-state index in [2.05, 4.69) is 36.0 Å². The summed E-state index contributed by atoms with van der Waals surface area (Å²) < 4.78 is 33.2. The average Bonchev–Trinajstić information content (AvgIpc) is 3.80. The van der Waals surface area contributed by atoms with Gasteiger partial charge in [-0.1, -0.05) is 51.3 Å². The fourth-order valence-corrected chi connectivity index (χ4v) is 9.50. The minimum atomic E-state index is -1.26. The van der Waals surface area contributed by atoms with Gasteiger partial charge in [-0.15, -0.1) is 11.3 Å². The topological polar surface area (TPSA) is 185 Å². The van der Waals surface area contributed by atoms with E-state index in [9.17, 15) is 33.8 Å². The molecule has 1 saturated heterocycles. The number of halogens is 2. The quantitative estimate of drug-likeness (QED) is 0.0785. The van der Waals surface area contributed by atoms with Gasteiger partial charge in [0.1, 0.15) is 23.5 Å². The fraction of sp³-hybridized carbons (Fsp3) is 0.435. The molecule has 0 bridgehead atoms.